The molecule has 5 nitrogen and oxygen atoms in total. The molecule has 2 rings (SSSR count). The molecule has 1 saturated heterocycles. The summed E-state index contributed by atoms with van der Waals surface area (Å²) in [4.78, 5) is 12.1. The van der Waals surface area contributed by atoms with Crippen LogP contribution in [-0.4, -0.2) is 31.0 Å². The molecular weight excluding hydrogens is 357 g/mol. The summed E-state index contributed by atoms with van der Waals surface area (Å²) in [6.07, 6.45) is -4.57. The van der Waals surface area contributed by atoms with Gasteiger partial charge in [-0.1, -0.05) is 15.9 Å². The van der Waals surface area contributed by atoms with E-state index in [4.69, 9.17) is 10.5 Å². The summed E-state index contributed by atoms with van der Waals surface area (Å²) in [6, 6.07) is 3.88. The maximum atomic E-state index is 12.4. The number of benzene rings is 1. The van der Waals surface area contributed by atoms with Crippen LogP contribution < -0.4 is 15.8 Å². The molecule has 0 aromatic heterocycles. The van der Waals surface area contributed by atoms with E-state index >= 15 is 0 Å². The second-order valence-electron chi connectivity index (χ2n) is 4.60. The van der Waals surface area contributed by atoms with E-state index in [0.717, 1.165) is 6.07 Å². The number of hydrogen-bond acceptors (Lipinski definition) is 4. The lowest BCUT2D eigenvalue weighted by Crippen LogP contribution is -2.51. The van der Waals surface area contributed by atoms with Crippen molar-refractivity contribution in [2.24, 2.45) is 5.73 Å². The predicted octanol–water partition coefficient (Wildman–Crippen LogP) is 2.40. The van der Waals surface area contributed by atoms with E-state index in [0.29, 0.717) is 17.5 Å². The number of amides is 1. The van der Waals surface area contributed by atoms with E-state index in [2.05, 4.69) is 26.0 Å². The first-order chi connectivity index (χ1) is 9.70. The Morgan fingerprint density at radius 1 is 1.48 bits per heavy atom. The minimum absolute atomic E-state index is 0.0187. The van der Waals surface area contributed by atoms with Gasteiger partial charge in [-0.2, -0.15) is 0 Å². The topological polar surface area (TPSA) is 73.6 Å². The molecule has 0 aliphatic carbocycles. The molecule has 1 atom stereocenters. The first kappa shape index (κ1) is 16.1. The van der Waals surface area contributed by atoms with Crippen LogP contribution in [-0.2, 0) is 9.53 Å². The van der Waals surface area contributed by atoms with Gasteiger partial charge in [-0.25, -0.2) is 0 Å². The van der Waals surface area contributed by atoms with E-state index in [1.165, 1.54) is 12.1 Å². The molecule has 1 unspecified atom stereocenters. The van der Waals surface area contributed by atoms with Crippen LogP contribution in [0.2, 0.25) is 0 Å². The second kappa shape index (κ2) is 5.82. The van der Waals surface area contributed by atoms with Crippen LogP contribution >= 0.6 is 15.9 Å². The van der Waals surface area contributed by atoms with Gasteiger partial charge >= 0.3 is 6.36 Å². The first-order valence-electron chi connectivity index (χ1n) is 5.93. The third-order valence-electron chi connectivity index (χ3n) is 2.92. The van der Waals surface area contributed by atoms with Crippen LogP contribution in [0.25, 0.3) is 0 Å². The zero-order valence-electron chi connectivity index (χ0n) is 10.7. The maximum Gasteiger partial charge on any atom is 0.573 e. The molecule has 1 fully saturated rings. The van der Waals surface area contributed by atoms with Crippen molar-refractivity contribution in [2.75, 3.05) is 18.5 Å². The highest BCUT2D eigenvalue weighted by molar-refractivity contribution is 9.10. The van der Waals surface area contributed by atoms with Crippen LogP contribution in [0.3, 0.4) is 0 Å². The van der Waals surface area contributed by atoms with Crippen molar-refractivity contribution in [3.05, 3.63) is 22.7 Å². The fourth-order valence-corrected chi connectivity index (χ4v) is 2.16. The minimum atomic E-state index is -4.86. The monoisotopic (exact) mass is 368 g/mol. The Hall–Kier alpha value is -1.32. The predicted molar refractivity (Wildman–Crippen MR) is 71.8 cm³/mol. The number of nitrogens with two attached hydrogens (primary N) is 1. The van der Waals surface area contributed by atoms with E-state index < -0.39 is 23.6 Å². The van der Waals surface area contributed by atoms with Gasteiger partial charge in [-0.3, -0.25) is 4.79 Å². The van der Waals surface area contributed by atoms with Gasteiger partial charge in [0.25, 0.3) is 0 Å². The van der Waals surface area contributed by atoms with E-state index in [-0.39, 0.29) is 12.3 Å². The van der Waals surface area contributed by atoms with E-state index in [9.17, 15) is 18.0 Å². The summed E-state index contributed by atoms with van der Waals surface area (Å²) < 4.78 is 46.4. The Kier molecular flexibility index (Phi) is 4.45. The second-order valence-corrected chi connectivity index (χ2v) is 5.52. The number of ether oxygens (including phenoxy) is 2. The molecule has 1 aliphatic heterocycles. The van der Waals surface area contributed by atoms with Gasteiger partial charge in [0.15, 0.2) is 5.75 Å². The van der Waals surface area contributed by atoms with Crippen molar-refractivity contribution in [3.8, 4) is 5.75 Å². The molecule has 0 radical (unpaired) electrons. The van der Waals surface area contributed by atoms with Gasteiger partial charge in [-0.15, -0.1) is 13.2 Å². The van der Waals surface area contributed by atoms with Gasteiger partial charge in [0.2, 0.25) is 5.91 Å². The number of nitrogens with one attached hydrogen (secondary N) is 1. The number of hydrogen-bond donors (Lipinski definition) is 2. The molecule has 3 N–H and O–H groups in total. The molecule has 116 valence electrons. The lowest BCUT2D eigenvalue weighted by molar-refractivity contribution is -0.274. The number of halogens is 4. The van der Waals surface area contributed by atoms with E-state index in [1.54, 1.807) is 0 Å². The fraction of sp³-hybridized carbons (Fsp3) is 0.417. The molecule has 9 heteroatoms. The first-order valence-corrected chi connectivity index (χ1v) is 6.72. The normalized spacial score (nSPS) is 22.1. The van der Waals surface area contributed by atoms with Gasteiger partial charge in [0, 0.05) is 11.1 Å². The molecule has 0 spiro atoms. The van der Waals surface area contributed by atoms with Crippen molar-refractivity contribution in [3.63, 3.8) is 0 Å². The van der Waals surface area contributed by atoms with Crippen molar-refractivity contribution < 1.29 is 27.4 Å². The van der Waals surface area contributed by atoms with Crippen LogP contribution in [0.1, 0.15) is 6.42 Å². The average Bonchev–Trinajstić information content (AvgIpc) is 2.79. The van der Waals surface area contributed by atoms with Gasteiger partial charge < -0.3 is 20.5 Å². The highest BCUT2D eigenvalue weighted by Gasteiger charge is 2.39. The van der Waals surface area contributed by atoms with Gasteiger partial charge in [0.05, 0.1) is 12.3 Å². The number of carbonyl (C=O) groups excluding carboxylic acids is 1. The highest BCUT2D eigenvalue weighted by Crippen LogP contribution is 2.33. The maximum absolute atomic E-state index is 12.4. The Morgan fingerprint density at radius 3 is 2.76 bits per heavy atom. The van der Waals surface area contributed by atoms with Crippen molar-refractivity contribution in [1.82, 2.24) is 0 Å². The lowest BCUT2D eigenvalue weighted by Gasteiger charge is -2.22. The molecule has 1 aromatic carbocycles. The molecule has 1 amide bonds. The fourth-order valence-electron chi connectivity index (χ4n) is 1.82. The van der Waals surface area contributed by atoms with Gasteiger partial charge in [-0.05, 0) is 24.6 Å². The van der Waals surface area contributed by atoms with Crippen LogP contribution in [0, 0.1) is 0 Å². The van der Waals surface area contributed by atoms with Crippen molar-refractivity contribution in [1.29, 1.82) is 0 Å². The lowest BCUT2D eigenvalue weighted by atomic mass is 9.99. The Balaban J connectivity index is 2.21. The largest absolute Gasteiger partial charge is 0.573 e. The Labute approximate surface area is 126 Å². The third-order valence-corrected chi connectivity index (χ3v) is 3.42. The zero-order valence-corrected chi connectivity index (χ0v) is 12.3. The minimum Gasteiger partial charge on any atom is -0.404 e. The van der Waals surface area contributed by atoms with Crippen LogP contribution in [0.5, 0.6) is 5.75 Å². The molecule has 1 aromatic rings. The van der Waals surface area contributed by atoms with Crippen LogP contribution in [0.15, 0.2) is 22.7 Å². The number of alkyl halides is 3. The number of rotatable bonds is 3. The smallest absolute Gasteiger partial charge is 0.404 e. The third kappa shape index (κ3) is 4.08. The van der Waals surface area contributed by atoms with Crippen molar-refractivity contribution in [2.45, 2.75) is 18.3 Å². The standard InChI is InChI=1S/C12H12BrF3N2O3/c13-7-1-2-8(9(5-7)21-12(14,15)16)18-10(19)11(17)3-4-20-6-11/h1-2,5H,3-4,6,17H2,(H,18,19). The molecule has 0 bridgehead atoms. The summed E-state index contributed by atoms with van der Waals surface area (Å²) in [7, 11) is 0. The molecule has 1 aliphatic rings. The summed E-state index contributed by atoms with van der Waals surface area (Å²) >= 11 is 3.04. The number of anilines is 1. The van der Waals surface area contributed by atoms with Gasteiger partial charge in [0.1, 0.15) is 5.54 Å². The van der Waals surface area contributed by atoms with Crippen molar-refractivity contribution >= 4 is 27.5 Å². The Bertz CT molecular complexity index is 545. The van der Waals surface area contributed by atoms with Crippen LogP contribution in [0.4, 0.5) is 18.9 Å². The van der Waals surface area contributed by atoms with E-state index in [1.807, 2.05) is 0 Å². The molecule has 1 heterocycles. The summed E-state index contributed by atoms with van der Waals surface area (Å²) in [6.45, 7) is 0.348. The number of carbonyl (C=O) groups is 1. The highest BCUT2D eigenvalue weighted by atomic mass is 79.9. The molecular formula is C12H12BrF3N2O3. The summed E-state index contributed by atoms with van der Waals surface area (Å²) in [5.74, 6) is -1.14. The SMILES string of the molecule is NC1(C(=O)Nc2ccc(Br)cc2OC(F)(F)F)CCOC1. The summed E-state index contributed by atoms with van der Waals surface area (Å²) in [5, 5.41) is 2.35. The zero-order chi connectivity index (χ0) is 15.7. The average molecular weight is 369 g/mol. The Morgan fingerprint density at radius 2 is 2.19 bits per heavy atom. The molecule has 21 heavy (non-hydrogen) atoms. The quantitative estimate of drug-likeness (QED) is 0.858. The molecule has 0 saturated carbocycles. The summed E-state index contributed by atoms with van der Waals surface area (Å²) in [5.41, 5.74) is 4.49.